The molecule has 0 saturated carbocycles. The SMILES string of the molecule is COc1cc(C(C)N[C@H](C)c2ccco2)ccc1F. The van der Waals surface area contributed by atoms with E-state index < -0.39 is 0 Å². The molecule has 0 fully saturated rings. The second-order valence-electron chi connectivity index (χ2n) is 4.52. The predicted molar refractivity (Wildman–Crippen MR) is 71.6 cm³/mol. The van der Waals surface area contributed by atoms with Crippen molar-refractivity contribution in [1.29, 1.82) is 0 Å². The van der Waals surface area contributed by atoms with Gasteiger partial charge in [0, 0.05) is 6.04 Å². The molecule has 1 aromatic heterocycles. The van der Waals surface area contributed by atoms with Crippen LogP contribution in [0.4, 0.5) is 4.39 Å². The van der Waals surface area contributed by atoms with E-state index in [1.165, 1.54) is 13.2 Å². The molecular formula is C15H18FNO2. The summed E-state index contributed by atoms with van der Waals surface area (Å²) in [4.78, 5) is 0. The number of furan rings is 1. The molecule has 102 valence electrons. The molecular weight excluding hydrogens is 245 g/mol. The lowest BCUT2D eigenvalue weighted by molar-refractivity contribution is 0.381. The van der Waals surface area contributed by atoms with Crippen LogP contribution in [0.25, 0.3) is 0 Å². The van der Waals surface area contributed by atoms with E-state index in [1.54, 1.807) is 18.4 Å². The van der Waals surface area contributed by atoms with Gasteiger partial charge in [0.25, 0.3) is 0 Å². The zero-order valence-electron chi connectivity index (χ0n) is 11.3. The van der Waals surface area contributed by atoms with E-state index in [0.717, 1.165) is 11.3 Å². The normalized spacial score (nSPS) is 14.1. The Morgan fingerprint density at radius 3 is 2.63 bits per heavy atom. The maximum absolute atomic E-state index is 13.4. The van der Waals surface area contributed by atoms with Crippen molar-refractivity contribution >= 4 is 0 Å². The van der Waals surface area contributed by atoms with E-state index in [2.05, 4.69) is 5.32 Å². The Bertz CT molecular complexity index is 525. The summed E-state index contributed by atoms with van der Waals surface area (Å²) in [5.74, 6) is 0.787. The van der Waals surface area contributed by atoms with Gasteiger partial charge in [0.15, 0.2) is 11.6 Å². The fourth-order valence-electron chi connectivity index (χ4n) is 2.04. The van der Waals surface area contributed by atoms with Crippen molar-refractivity contribution in [2.24, 2.45) is 0 Å². The zero-order chi connectivity index (χ0) is 13.8. The Morgan fingerprint density at radius 2 is 2.00 bits per heavy atom. The molecule has 0 aliphatic heterocycles. The lowest BCUT2D eigenvalue weighted by atomic mass is 10.1. The molecule has 1 unspecified atom stereocenters. The van der Waals surface area contributed by atoms with Gasteiger partial charge in [0.05, 0.1) is 19.4 Å². The van der Waals surface area contributed by atoms with Crippen molar-refractivity contribution in [1.82, 2.24) is 5.32 Å². The fraction of sp³-hybridized carbons (Fsp3) is 0.333. The van der Waals surface area contributed by atoms with E-state index in [-0.39, 0.29) is 23.7 Å². The molecule has 2 rings (SSSR count). The van der Waals surface area contributed by atoms with E-state index in [4.69, 9.17) is 9.15 Å². The van der Waals surface area contributed by atoms with Crippen LogP contribution in [0, 0.1) is 5.82 Å². The molecule has 0 bridgehead atoms. The van der Waals surface area contributed by atoms with Crippen molar-refractivity contribution in [2.45, 2.75) is 25.9 Å². The van der Waals surface area contributed by atoms with Crippen LogP contribution in [0.2, 0.25) is 0 Å². The van der Waals surface area contributed by atoms with Crippen LogP contribution in [0.5, 0.6) is 5.75 Å². The van der Waals surface area contributed by atoms with Gasteiger partial charge in [-0.2, -0.15) is 0 Å². The molecule has 0 radical (unpaired) electrons. The Labute approximate surface area is 112 Å². The number of rotatable bonds is 5. The molecule has 0 aliphatic rings. The molecule has 19 heavy (non-hydrogen) atoms. The number of halogens is 1. The lowest BCUT2D eigenvalue weighted by Crippen LogP contribution is -2.22. The van der Waals surface area contributed by atoms with Crippen molar-refractivity contribution in [3.05, 3.63) is 53.7 Å². The molecule has 1 N–H and O–H groups in total. The summed E-state index contributed by atoms with van der Waals surface area (Å²) in [6.07, 6.45) is 1.65. The van der Waals surface area contributed by atoms with Crippen molar-refractivity contribution in [3.63, 3.8) is 0 Å². The first-order chi connectivity index (χ1) is 9.11. The van der Waals surface area contributed by atoms with Crippen LogP contribution in [-0.4, -0.2) is 7.11 Å². The molecule has 2 atom stereocenters. The van der Waals surface area contributed by atoms with Gasteiger partial charge in [0.1, 0.15) is 5.76 Å². The van der Waals surface area contributed by atoms with E-state index in [1.807, 2.05) is 26.0 Å². The van der Waals surface area contributed by atoms with Gasteiger partial charge >= 0.3 is 0 Å². The van der Waals surface area contributed by atoms with Crippen molar-refractivity contribution in [3.8, 4) is 5.75 Å². The van der Waals surface area contributed by atoms with Crippen molar-refractivity contribution < 1.29 is 13.5 Å². The molecule has 1 heterocycles. The highest BCUT2D eigenvalue weighted by molar-refractivity contribution is 5.32. The van der Waals surface area contributed by atoms with Gasteiger partial charge in [-0.25, -0.2) is 4.39 Å². The first-order valence-electron chi connectivity index (χ1n) is 6.24. The van der Waals surface area contributed by atoms with Gasteiger partial charge in [-0.05, 0) is 43.7 Å². The van der Waals surface area contributed by atoms with Crippen LogP contribution < -0.4 is 10.1 Å². The Hall–Kier alpha value is -1.81. The van der Waals surface area contributed by atoms with Crippen LogP contribution in [-0.2, 0) is 0 Å². The Morgan fingerprint density at radius 1 is 1.21 bits per heavy atom. The van der Waals surface area contributed by atoms with E-state index in [9.17, 15) is 4.39 Å². The Balaban J connectivity index is 2.09. The summed E-state index contributed by atoms with van der Waals surface area (Å²) >= 11 is 0. The van der Waals surface area contributed by atoms with Crippen LogP contribution in [0.1, 0.15) is 37.3 Å². The Kier molecular flexibility index (Phi) is 4.22. The van der Waals surface area contributed by atoms with Gasteiger partial charge in [0.2, 0.25) is 0 Å². The first kappa shape index (κ1) is 13.6. The maximum Gasteiger partial charge on any atom is 0.165 e. The highest BCUT2D eigenvalue weighted by atomic mass is 19.1. The molecule has 0 amide bonds. The molecule has 1 aromatic carbocycles. The molecule has 2 aromatic rings. The van der Waals surface area contributed by atoms with E-state index >= 15 is 0 Å². The summed E-state index contributed by atoms with van der Waals surface area (Å²) < 4.78 is 23.7. The van der Waals surface area contributed by atoms with Gasteiger partial charge < -0.3 is 14.5 Å². The van der Waals surface area contributed by atoms with Crippen LogP contribution in [0.3, 0.4) is 0 Å². The summed E-state index contributed by atoms with van der Waals surface area (Å²) in [6, 6.07) is 8.82. The topological polar surface area (TPSA) is 34.4 Å². The summed E-state index contributed by atoms with van der Waals surface area (Å²) in [5.41, 5.74) is 0.969. The third-order valence-electron chi connectivity index (χ3n) is 3.15. The van der Waals surface area contributed by atoms with Gasteiger partial charge in [-0.3, -0.25) is 0 Å². The maximum atomic E-state index is 13.4. The number of ether oxygens (including phenoxy) is 1. The minimum absolute atomic E-state index is 0.0644. The minimum Gasteiger partial charge on any atom is -0.494 e. The average Bonchev–Trinajstić information content (AvgIpc) is 2.93. The average molecular weight is 263 g/mol. The second-order valence-corrected chi connectivity index (χ2v) is 4.52. The quantitative estimate of drug-likeness (QED) is 0.890. The molecule has 4 heteroatoms. The third-order valence-corrected chi connectivity index (χ3v) is 3.15. The smallest absolute Gasteiger partial charge is 0.165 e. The molecule has 0 aliphatic carbocycles. The minimum atomic E-state index is -0.350. The predicted octanol–water partition coefficient (Wildman–Crippen LogP) is 3.84. The fourth-order valence-corrected chi connectivity index (χ4v) is 2.04. The van der Waals surface area contributed by atoms with Crippen molar-refractivity contribution in [2.75, 3.05) is 7.11 Å². The standard InChI is InChI=1S/C15H18FNO2/c1-10(17-11(2)14-5-4-8-19-14)12-6-7-13(16)15(9-12)18-3/h4-11,17H,1-3H3/t10?,11-/m1/s1. The number of nitrogens with one attached hydrogen (secondary N) is 1. The summed E-state index contributed by atoms with van der Waals surface area (Å²) in [5, 5.41) is 3.40. The second kappa shape index (κ2) is 5.89. The monoisotopic (exact) mass is 263 g/mol. The number of hydrogen-bond acceptors (Lipinski definition) is 3. The van der Waals surface area contributed by atoms with Crippen LogP contribution >= 0.6 is 0 Å². The molecule has 0 saturated heterocycles. The number of methoxy groups -OCH3 is 1. The largest absolute Gasteiger partial charge is 0.494 e. The number of benzene rings is 1. The van der Waals surface area contributed by atoms with Gasteiger partial charge in [-0.1, -0.05) is 6.07 Å². The molecule has 0 spiro atoms. The lowest BCUT2D eigenvalue weighted by Gasteiger charge is -2.19. The summed E-state index contributed by atoms with van der Waals surface area (Å²) in [7, 11) is 1.46. The third kappa shape index (κ3) is 3.15. The highest BCUT2D eigenvalue weighted by Gasteiger charge is 2.14. The molecule has 3 nitrogen and oxygen atoms in total. The van der Waals surface area contributed by atoms with Crippen LogP contribution in [0.15, 0.2) is 41.0 Å². The first-order valence-corrected chi connectivity index (χ1v) is 6.24. The number of hydrogen-bond donors (Lipinski definition) is 1. The summed E-state index contributed by atoms with van der Waals surface area (Å²) in [6.45, 7) is 4.04. The van der Waals surface area contributed by atoms with Gasteiger partial charge in [-0.15, -0.1) is 0 Å². The van der Waals surface area contributed by atoms with E-state index in [0.29, 0.717) is 0 Å². The highest BCUT2D eigenvalue weighted by Crippen LogP contribution is 2.24. The zero-order valence-corrected chi connectivity index (χ0v) is 11.3.